The summed E-state index contributed by atoms with van der Waals surface area (Å²) in [5.41, 5.74) is 13.9. The molecule has 3 rings (SSSR count). The van der Waals surface area contributed by atoms with Gasteiger partial charge in [-0.15, -0.1) is 0 Å². The molecule has 18 heavy (non-hydrogen) atoms. The van der Waals surface area contributed by atoms with Crippen molar-refractivity contribution < 1.29 is 4.79 Å². The number of rotatable bonds is 2. The fourth-order valence-electron chi connectivity index (χ4n) is 2.60. The minimum atomic E-state index is -0.295. The van der Waals surface area contributed by atoms with Crippen LogP contribution in [0.1, 0.15) is 12.8 Å². The Hall–Kier alpha value is -2.24. The molecule has 0 saturated carbocycles. The van der Waals surface area contributed by atoms with Gasteiger partial charge in [-0.3, -0.25) is 9.89 Å². The van der Waals surface area contributed by atoms with Crippen LogP contribution in [0.3, 0.4) is 0 Å². The molecule has 0 aliphatic carbocycles. The highest BCUT2D eigenvalue weighted by Crippen LogP contribution is 2.33. The molecule has 1 aliphatic rings. The number of amides is 1. The maximum atomic E-state index is 11.4. The van der Waals surface area contributed by atoms with Crippen LogP contribution in [0.4, 0.5) is 11.4 Å². The van der Waals surface area contributed by atoms with Crippen molar-refractivity contribution in [3.05, 3.63) is 18.3 Å². The first-order valence-corrected chi connectivity index (χ1v) is 5.95. The Balaban J connectivity index is 2.07. The second-order valence-corrected chi connectivity index (χ2v) is 4.62. The number of nitrogens with zero attached hydrogens (tertiary/aromatic N) is 2. The van der Waals surface area contributed by atoms with E-state index in [4.69, 9.17) is 11.5 Å². The molecule has 6 heteroatoms. The fraction of sp³-hybridized carbons (Fsp3) is 0.333. The van der Waals surface area contributed by atoms with E-state index in [1.165, 1.54) is 0 Å². The molecular formula is C12H15N5O. The number of aromatic amines is 1. The standard InChI is InChI=1S/C12H15N5O/c13-8-4-7-6-15-16-9(7)5-11(8)17-3-1-2-10(17)12(14)18/h4-6,10H,1-3,13H2,(H2,14,18)(H,15,16). The Kier molecular flexibility index (Phi) is 2.36. The fourth-order valence-corrected chi connectivity index (χ4v) is 2.60. The maximum Gasteiger partial charge on any atom is 0.240 e. The number of nitrogens with one attached hydrogen (secondary N) is 1. The van der Waals surface area contributed by atoms with E-state index in [1.54, 1.807) is 6.20 Å². The zero-order valence-electron chi connectivity index (χ0n) is 9.89. The number of fused-ring (bicyclic) bond motifs is 1. The SMILES string of the molecule is NC(=O)C1CCCN1c1cc2[nH]ncc2cc1N. The lowest BCUT2D eigenvalue weighted by atomic mass is 10.1. The molecule has 6 nitrogen and oxygen atoms in total. The summed E-state index contributed by atoms with van der Waals surface area (Å²) in [4.78, 5) is 13.4. The number of anilines is 2. The maximum absolute atomic E-state index is 11.4. The highest BCUT2D eigenvalue weighted by molar-refractivity contribution is 5.92. The summed E-state index contributed by atoms with van der Waals surface area (Å²) >= 11 is 0. The summed E-state index contributed by atoms with van der Waals surface area (Å²) < 4.78 is 0. The van der Waals surface area contributed by atoms with Crippen LogP contribution >= 0.6 is 0 Å². The number of nitrogen functional groups attached to an aromatic ring is 1. The van der Waals surface area contributed by atoms with Gasteiger partial charge in [0.25, 0.3) is 0 Å². The zero-order chi connectivity index (χ0) is 12.7. The van der Waals surface area contributed by atoms with Crippen LogP contribution in [0.5, 0.6) is 0 Å². The second kappa shape index (κ2) is 3.90. The molecule has 1 aromatic carbocycles. The molecule has 5 N–H and O–H groups in total. The molecule has 94 valence electrons. The van der Waals surface area contributed by atoms with Crippen LogP contribution < -0.4 is 16.4 Å². The van der Waals surface area contributed by atoms with E-state index in [-0.39, 0.29) is 11.9 Å². The average Bonchev–Trinajstić information content (AvgIpc) is 2.94. The Bertz CT molecular complexity index is 606. The largest absolute Gasteiger partial charge is 0.397 e. The number of hydrogen-bond donors (Lipinski definition) is 3. The van der Waals surface area contributed by atoms with Gasteiger partial charge < -0.3 is 16.4 Å². The molecule has 1 aromatic heterocycles. The van der Waals surface area contributed by atoms with Crippen molar-refractivity contribution in [1.29, 1.82) is 0 Å². The molecule has 2 aromatic rings. The summed E-state index contributed by atoms with van der Waals surface area (Å²) in [6, 6.07) is 3.54. The van der Waals surface area contributed by atoms with Crippen molar-refractivity contribution >= 4 is 28.2 Å². The van der Waals surface area contributed by atoms with Crippen molar-refractivity contribution in [2.45, 2.75) is 18.9 Å². The molecule has 1 fully saturated rings. The number of aromatic nitrogens is 2. The van der Waals surface area contributed by atoms with Crippen molar-refractivity contribution in [3.63, 3.8) is 0 Å². The predicted molar refractivity (Wildman–Crippen MR) is 70.1 cm³/mol. The smallest absolute Gasteiger partial charge is 0.240 e. The summed E-state index contributed by atoms with van der Waals surface area (Å²) in [6.07, 6.45) is 3.47. The van der Waals surface area contributed by atoms with Gasteiger partial charge in [-0.05, 0) is 25.0 Å². The Morgan fingerprint density at radius 2 is 2.33 bits per heavy atom. The van der Waals surface area contributed by atoms with E-state index in [2.05, 4.69) is 10.2 Å². The number of H-pyrrole nitrogens is 1. The van der Waals surface area contributed by atoms with E-state index in [0.717, 1.165) is 36.0 Å². The van der Waals surface area contributed by atoms with Crippen molar-refractivity contribution in [3.8, 4) is 0 Å². The van der Waals surface area contributed by atoms with Gasteiger partial charge in [-0.1, -0.05) is 0 Å². The van der Waals surface area contributed by atoms with Crippen molar-refractivity contribution in [1.82, 2.24) is 10.2 Å². The molecule has 0 radical (unpaired) electrons. The number of carbonyl (C=O) groups is 1. The topological polar surface area (TPSA) is 101 Å². The van der Waals surface area contributed by atoms with Crippen LogP contribution in [-0.4, -0.2) is 28.7 Å². The van der Waals surface area contributed by atoms with Gasteiger partial charge in [0.2, 0.25) is 5.91 Å². The zero-order valence-corrected chi connectivity index (χ0v) is 9.89. The van der Waals surface area contributed by atoms with E-state index in [9.17, 15) is 4.79 Å². The van der Waals surface area contributed by atoms with Crippen molar-refractivity contribution in [2.75, 3.05) is 17.2 Å². The minimum absolute atomic E-state index is 0.257. The number of benzene rings is 1. The molecule has 0 spiro atoms. The summed E-state index contributed by atoms with van der Waals surface area (Å²) in [5.74, 6) is -0.295. The minimum Gasteiger partial charge on any atom is -0.397 e. The lowest BCUT2D eigenvalue weighted by Crippen LogP contribution is -2.40. The first kappa shape index (κ1) is 10.9. The second-order valence-electron chi connectivity index (χ2n) is 4.62. The van der Waals surface area contributed by atoms with Crippen LogP contribution in [0.15, 0.2) is 18.3 Å². The summed E-state index contributed by atoms with van der Waals surface area (Å²) in [7, 11) is 0. The number of carbonyl (C=O) groups excluding carboxylic acids is 1. The van der Waals surface area contributed by atoms with Gasteiger partial charge in [-0.25, -0.2) is 0 Å². The van der Waals surface area contributed by atoms with Crippen LogP contribution in [0, 0.1) is 0 Å². The average molecular weight is 245 g/mol. The highest BCUT2D eigenvalue weighted by Gasteiger charge is 2.30. The quantitative estimate of drug-likeness (QED) is 0.674. The van der Waals surface area contributed by atoms with Gasteiger partial charge in [-0.2, -0.15) is 5.10 Å². The van der Waals surface area contributed by atoms with Crippen LogP contribution in [0.2, 0.25) is 0 Å². The van der Waals surface area contributed by atoms with Crippen LogP contribution in [0.25, 0.3) is 10.9 Å². The monoisotopic (exact) mass is 245 g/mol. The number of hydrogen-bond acceptors (Lipinski definition) is 4. The number of primary amides is 1. The highest BCUT2D eigenvalue weighted by atomic mass is 16.1. The Morgan fingerprint density at radius 3 is 3.11 bits per heavy atom. The lowest BCUT2D eigenvalue weighted by molar-refractivity contribution is -0.119. The molecule has 2 heterocycles. The number of nitrogens with two attached hydrogens (primary N) is 2. The predicted octanol–water partition coefficient (Wildman–Crippen LogP) is 0.599. The summed E-state index contributed by atoms with van der Waals surface area (Å²) in [5, 5.41) is 7.84. The van der Waals surface area contributed by atoms with Crippen molar-refractivity contribution in [2.24, 2.45) is 5.73 Å². The lowest BCUT2D eigenvalue weighted by Gasteiger charge is -2.25. The third kappa shape index (κ3) is 1.57. The first-order chi connectivity index (χ1) is 8.66. The van der Waals surface area contributed by atoms with Gasteiger partial charge in [0, 0.05) is 11.9 Å². The Labute approximate surface area is 104 Å². The van der Waals surface area contributed by atoms with E-state index in [1.807, 2.05) is 17.0 Å². The van der Waals surface area contributed by atoms with Gasteiger partial charge in [0.15, 0.2) is 0 Å². The molecule has 1 aliphatic heterocycles. The van der Waals surface area contributed by atoms with E-state index >= 15 is 0 Å². The normalized spacial score (nSPS) is 19.6. The molecular weight excluding hydrogens is 230 g/mol. The summed E-state index contributed by atoms with van der Waals surface area (Å²) in [6.45, 7) is 0.803. The molecule has 1 atom stereocenters. The van der Waals surface area contributed by atoms with E-state index < -0.39 is 0 Å². The first-order valence-electron chi connectivity index (χ1n) is 5.95. The molecule has 1 unspecified atom stereocenters. The van der Waals surface area contributed by atoms with Gasteiger partial charge >= 0.3 is 0 Å². The third-order valence-electron chi connectivity index (χ3n) is 3.48. The van der Waals surface area contributed by atoms with E-state index in [0.29, 0.717) is 5.69 Å². The van der Waals surface area contributed by atoms with Gasteiger partial charge in [0.05, 0.1) is 23.1 Å². The molecule has 1 saturated heterocycles. The van der Waals surface area contributed by atoms with Crippen LogP contribution in [-0.2, 0) is 4.79 Å². The molecule has 1 amide bonds. The Morgan fingerprint density at radius 1 is 1.50 bits per heavy atom. The van der Waals surface area contributed by atoms with Gasteiger partial charge in [0.1, 0.15) is 6.04 Å². The molecule has 0 bridgehead atoms. The third-order valence-corrected chi connectivity index (χ3v) is 3.48.